The zero-order chi connectivity index (χ0) is 25.5. The van der Waals surface area contributed by atoms with Crippen LogP contribution in [0, 0.1) is 19.8 Å². The summed E-state index contributed by atoms with van der Waals surface area (Å²) in [5.74, 6) is 1.74. The molecule has 36 heavy (non-hydrogen) atoms. The quantitative estimate of drug-likeness (QED) is 0.432. The van der Waals surface area contributed by atoms with Crippen molar-refractivity contribution in [3.63, 3.8) is 0 Å². The molecule has 2 N–H and O–H groups in total. The van der Waals surface area contributed by atoms with Gasteiger partial charge in [-0.25, -0.2) is 9.97 Å². The van der Waals surface area contributed by atoms with E-state index in [0.717, 1.165) is 38.0 Å². The van der Waals surface area contributed by atoms with E-state index in [0.29, 0.717) is 53.2 Å². The van der Waals surface area contributed by atoms with Crippen LogP contribution in [0.4, 0.5) is 0 Å². The molecule has 9 nitrogen and oxygen atoms in total. The van der Waals surface area contributed by atoms with Gasteiger partial charge in [-0.1, -0.05) is 30.6 Å². The summed E-state index contributed by atoms with van der Waals surface area (Å²) in [5, 5.41) is 17.1. The number of rotatable bonds is 10. The van der Waals surface area contributed by atoms with Crippen molar-refractivity contribution >= 4 is 5.91 Å². The van der Waals surface area contributed by atoms with Crippen molar-refractivity contribution in [2.75, 3.05) is 26.4 Å². The lowest BCUT2D eigenvalue weighted by Crippen LogP contribution is -2.32. The van der Waals surface area contributed by atoms with Crippen LogP contribution >= 0.6 is 0 Å². The lowest BCUT2D eigenvalue weighted by molar-refractivity contribution is 0.0642. The SMILES string of the molecule is CCCC(O)COc1cccc(-c2nc(C(=O)NCC3CCOCC3)cc(-c3c(C)noc3C)n2)c1. The Morgan fingerprint density at radius 2 is 2.03 bits per heavy atom. The van der Waals surface area contributed by atoms with E-state index < -0.39 is 6.10 Å². The summed E-state index contributed by atoms with van der Waals surface area (Å²) in [4.78, 5) is 22.5. The second-order valence-electron chi connectivity index (χ2n) is 9.21. The molecule has 0 saturated carbocycles. The molecule has 9 heteroatoms. The molecule has 0 bridgehead atoms. The van der Waals surface area contributed by atoms with Crippen molar-refractivity contribution in [2.24, 2.45) is 5.92 Å². The van der Waals surface area contributed by atoms with Crippen LogP contribution in [0.2, 0.25) is 0 Å². The zero-order valence-corrected chi connectivity index (χ0v) is 21.1. The van der Waals surface area contributed by atoms with Crippen molar-refractivity contribution in [3.8, 4) is 28.4 Å². The standard InChI is InChI=1S/C27H34N4O5/c1-4-6-21(32)16-35-22-8-5-7-20(13-22)26-29-23(25-17(2)31-36-18(25)3)14-24(30-26)27(33)28-15-19-9-11-34-12-10-19/h5,7-8,13-14,19,21,32H,4,6,9-12,15-16H2,1-3H3,(H,28,33). The second kappa shape index (κ2) is 12.1. The van der Waals surface area contributed by atoms with Crippen LogP contribution in [0.15, 0.2) is 34.9 Å². The average Bonchev–Trinajstić information content (AvgIpc) is 3.24. The van der Waals surface area contributed by atoms with Gasteiger partial charge >= 0.3 is 0 Å². The molecule has 0 spiro atoms. The molecule has 3 heterocycles. The molecule has 1 saturated heterocycles. The summed E-state index contributed by atoms with van der Waals surface area (Å²) in [6.45, 7) is 7.91. The molecular formula is C27H34N4O5. The van der Waals surface area contributed by atoms with Crippen LogP contribution in [0.1, 0.15) is 54.5 Å². The van der Waals surface area contributed by atoms with Gasteiger partial charge in [0.25, 0.3) is 5.91 Å². The van der Waals surface area contributed by atoms with Gasteiger partial charge in [0, 0.05) is 25.3 Å². The summed E-state index contributed by atoms with van der Waals surface area (Å²) in [6, 6.07) is 9.02. The number of aromatic nitrogens is 3. The van der Waals surface area contributed by atoms with Gasteiger partial charge in [-0.05, 0) is 57.2 Å². The fraction of sp³-hybridized carbons (Fsp3) is 0.481. The van der Waals surface area contributed by atoms with Crippen molar-refractivity contribution in [1.82, 2.24) is 20.4 Å². The van der Waals surface area contributed by atoms with Crippen molar-refractivity contribution in [1.29, 1.82) is 0 Å². The number of ether oxygens (including phenoxy) is 2. The fourth-order valence-corrected chi connectivity index (χ4v) is 4.28. The highest BCUT2D eigenvalue weighted by Crippen LogP contribution is 2.29. The maximum absolute atomic E-state index is 13.1. The van der Waals surface area contributed by atoms with Gasteiger partial charge in [-0.15, -0.1) is 0 Å². The van der Waals surface area contributed by atoms with E-state index in [2.05, 4.69) is 15.5 Å². The van der Waals surface area contributed by atoms with E-state index in [1.165, 1.54) is 0 Å². The van der Waals surface area contributed by atoms with Gasteiger partial charge in [0.1, 0.15) is 23.8 Å². The van der Waals surface area contributed by atoms with Gasteiger partial charge < -0.3 is 24.4 Å². The topological polar surface area (TPSA) is 120 Å². The molecule has 0 aliphatic carbocycles. The van der Waals surface area contributed by atoms with Gasteiger partial charge in [-0.3, -0.25) is 4.79 Å². The Labute approximate surface area is 211 Å². The third-order valence-electron chi connectivity index (χ3n) is 6.30. The number of amides is 1. The molecule has 1 fully saturated rings. The molecule has 1 unspecified atom stereocenters. The number of nitrogens with zero attached hydrogens (tertiary/aromatic N) is 3. The second-order valence-corrected chi connectivity index (χ2v) is 9.21. The van der Waals surface area contributed by atoms with E-state index in [4.69, 9.17) is 19.0 Å². The molecule has 192 valence electrons. The predicted molar refractivity (Wildman–Crippen MR) is 135 cm³/mol. The van der Waals surface area contributed by atoms with Gasteiger partial charge in [0.05, 0.1) is 23.1 Å². The smallest absolute Gasteiger partial charge is 0.270 e. The number of aryl methyl sites for hydroxylation is 2. The van der Waals surface area contributed by atoms with Crippen LogP contribution in [0.25, 0.3) is 22.6 Å². The van der Waals surface area contributed by atoms with Crippen molar-refractivity contribution < 1.29 is 23.9 Å². The maximum atomic E-state index is 13.1. The van der Waals surface area contributed by atoms with E-state index >= 15 is 0 Å². The largest absolute Gasteiger partial charge is 0.491 e. The molecular weight excluding hydrogens is 460 g/mol. The Bertz CT molecular complexity index is 1150. The van der Waals surface area contributed by atoms with E-state index in [1.807, 2.05) is 45.0 Å². The minimum absolute atomic E-state index is 0.205. The number of benzene rings is 1. The molecule has 0 radical (unpaired) electrons. The summed E-state index contributed by atoms with van der Waals surface area (Å²) < 4.78 is 16.6. The summed E-state index contributed by atoms with van der Waals surface area (Å²) in [5.41, 5.74) is 2.97. The van der Waals surface area contributed by atoms with Gasteiger partial charge in [0.15, 0.2) is 5.82 Å². The number of aliphatic hydroxyl groups excluding tert-OH is 1. The van der Waals surface area contributed by atoms with E-state index in [-0.39, 0.29) is 18.2 Å². The lowest BCUT2D eigenvalue weighted by Gasteiger charge is -2.22. The first-order valence-electron chi connectivity index (χ1n) is 12.5. The van der Waals surface area contributed by atoms with Gasteiger partial charge in [-0.2, -0.15) is 0 Å². The van der Waals surface area contributed by atoms with Crippen molar-refractivity contribution in [3.05, 3.63) is 47.5 Å². The third-order valence-corrected chi connectivity index (χ3v) is 6.30. The number of aliphatic hydroxyl groups is 1. The summed E-state index contributed by atoms with van der Waals surface area (Å²) in [7, 11) is 0. The molecule has 1 aliphatic heterocycles. The monoisotopic (exact) mass is 494 g/mol. The zero-order valence-electron chi connectivity index (χ0n) is 21.1. The maximum Gasteiger partial charge on any atom is 0.270 e. The Kier molecular flexibility index (Phi) is 8.66. The molecule has 3 aromatic rings. The van der Waals surface area contributed by atoms with Crippen LogP contribution in [0.5, 0.6) is 5.75 Å². The molecule has 1 atom stereocenters. The Hall–Kier alpha value is -3.30. The van der Waals surface area contributed by atoms with Gasteiger partial charge in [0.2, 0.25) is 0 Å². The van der Waals surface area contributed by atoms with Crippen LogP contribution < -0.4 is 10.1 Å². The number of hydrogen-bond donors (Lipinski definition) is 2. The number of carbonyl (C=O) groups is 1. The highest BCUT2D eigenvalue weighted by atomic mass is 16.5. The molecule has 1 amide bonds. The van der Waals surface area contributed by atoms with Crippen molar-refractivity contribution in [2.45, 2.75) is 52.6 Å². The first kappa shape index (κ1) is 25.8. The predicted octanol–water partition coefficient (Wildman–Crippen LogP) is 4.11. The minimum Gasteiger partial charge on any atom is -0.491 e. The highest BCUT2D eigenvalue weighted by molar-refractivity contribution is 5.94. The van der Waals surface area contributed by atoms with Crippen LogP contribution in [0.3, 0.4) is 0 Å². The molecule has 2 aromatic heterocycles. The Morgan fingerprint density at radius 3 is 2.75 bits per heavy atom. The highest BCUT2D eigenvalue weighted by Gasteiger charge is 2.21. The number of carbonyl (C=O) groups excluding carboxylic acids is 1. The minimum atomic E-state index is -0.524. The van der Waals surface area contributed by atoms with Crippen LogP contribution in [-0.4, -0.2) is 58.6 Å². The third kappa shape index (κ3) is 6.47. The number of hydrogen-bond acceptors (Lipinski definition) is 8. The summed E-state index contributed by atoms with van der Waals surface area (Å²) >= 11 is 0. The average molecular weight is 495 g/mol. The Balaban J connectivity index is 1.63. The molecule has 4 rings (SSSR count). The molecule has 1 aliphatic rings. The fourth-order valence-electron chi connectivity index (χ4n) is 4.28. The first-order valence-corrected chi connectivity index (χ1v) is 12.5. The van der Waals surface area contributed by atoms with Crippen LogP contribution in [-0.2, 0) is 4.74 Å². The number of nitrogens with one attached hydrogen (secondary N) is 1. The van der Waals surface area contributed by atoms with E-state index in [9.17, 15) is 9.90 Å². The summed E-state index contributed by atoms with van der Waals surface area (Å²) in [6.07, 6.45) is 2.89. The Morgan fingerprint density at radius 1 is 1.22 bits per heavy atom. The lowest BCUT2D eigenvalue weighted by atomic mass is 10.0. The molecule has 1 aromatic carbocycles. The van der Waals surface area contributed by atoms with E-state index in [1.54, 1.807) is 6.07 Å². The first-order chi connectivity index (χ1) is 17.4. The normalized spacial score (nSPS) is 15.0.